The average molecular weight is 477 g/mol. The van der Waals surface area contributed by atoms with Crippen molar-refractivity contribution in [2.45, 2.75) is 25.8 Å². The number of benzene rings is 1. The van der Waals surface area contributed by atoms with Crippen molar-refractivity contribution in [2.75, 3.05) is 23.9 Å². The maximum atomic E-state index is 13.4. The minimum absolute atomic E-state index is 0.0755. The van der Waals surface area contributed by atoms with Crippen LogP contribution in [-0.4, -0.2) is 56.7 Å². The molecule has 1 aliphatic heterocycles. The number of nitrogens with zero attached hydrogens (tertiary/aromatic N) is 5. The third-order valence-corrected chi connectivity index (χ3v) is 5.88. The minimum atomic E-state index is -0.746. The van der Waals surface area contributed by atoms with E-state index < -0.39 is 6.04 Å². The van der Waals surface area contributed by atoms with Crippen LogP contribution in [-0.2, 0) is 16.0 Å². The predicted molar refractivity (Wildman–Crippen MR) is 132 cm³/mol. The van der Waals surface area contributed by atoms with E-state index in [0.717, 1.165) is 17.0 Å². The summed E-state index contributed by atoms with van der Waals surface area (Å²) in [6.07, 6.45) is 3.77. The molecule has 2 amide bonds. The summed E-state index contributed by atoms with van der Waals surface area (Å²) < 4.78 is 5.21. The third-order valence-electron chi connectivity index (χ3n) is 5.47. The topological polar surface area (TPSA) is 101 Å². The highest BCUT2D eigenvalue weighted by atomic mass is 32.1. The number of thiocarbonyl (C=S) groups is 1. The Morgan fingerprint density at radius 3 is 2.59 bits per heavy atom. The zero-order valence-electron chi connectivity index (χ0n) is 18.8. The number of carbonyl (C=O) groups excluding carboxylic acids is 2. The van der Waals surface area contributed by atoms with Gasteiger partial charge in [0, 0.05) is 12.7 Å². The number of nitrogens with one attached hydrogen (secondary N) is 1. The van der Waals surface area contributed by atoms with E-state index in [4.69, 9.17) is 17.0 Å². The molecule has 3 heterocycles. The SMILES string of the molecule is COc1ccc(CCN2C(=S)N(c3cccnc3)C(=O)C2CC(=O)Nc2ccc(C)nn2)cc1. The second-order valence-electron chi connectivity index (χ2n) is 7.79. The van der Waals surface area contributed by atoms with E-state index in [0.29, 0.717) is 29.6 Å². The highest BCUT2D eigenvalue weighted by Crippen LogP contribution is 2.27. The molecular weight excluding hydrogens is 452 g/mol. The molecule has 2 aromatic heterocycles. The molecule has 0 saturated carbocycles. The van der Waals surface area contributed by atoms with Gasteiger partial charge in [-0.2, -0.15) is 5.10 Å². The van der Waals surface area contributed by atoms with Gasteiger partial charge in [-0.05, 0) is 67.5 Å². The molecule has 1 saturated heterocycles. The van der Waals surface area contributed by atoms with E-state index in [1.54, 1.807) is 48.7 Å². The molecule has 34 heavy (non-hydrogen) atoms. The predicted octanol–water partition coefficient (Wildman–Crippen LogP) is 2.76. The zero-order valence-corrected chi connectivity index (χ0v) is 19.7. The molecule has 10 heteroatoms. The van der Waals surface area contributed by atoms with Crippen molar-refractivity contribution in [3.05, 3.63) is 72.2 Å². The first-order chi connectivity index (χ1) is 16.5. The lowest BCUT2D eigenvalue weighted by atomic mass is 10.1. The van der Waals surface area contributed by atoms with E-state index >= 15 is 0 Å². The summed E-state index contributed by atoms with van der Waals surface area (Å²) in [6, 6.07) is 13.9. The van der Waals surface area contributed by atoms with Gasteiger partial charge in [0.1, 0.15) is 11.8 Å². The summed E-state index contributed by atoms with van der Waals surface area (Å²) in [5.41, 5.74) is 2.37. The number of hydrogen-bond donors (Lipinski definition) is 1. The van der Waals surface area contributed by atoms with Crippen molar-refractivity contribution < 1.29 is 14.3 Å². The summed E-state index contributed by atoms with van der Waals surface area (Å²) in [5.74, 6) is 0.490. The zero-order chi connectivity index (χ0) is 24.1. The Labute approximate surface area is 202 Å². The third kappa shape index (κ3) is 5.18. The molecule has 1 N–H and O–H groups in total. The van der Waals surface area contributed by atoms with Crippen molar-refractivity contribution in [1.29, 1.82) is 0 Å². The van der Waals surface area contributed by atoms with Gasteiger partial charge in [0.15, 0.2) is 10.9 Å². The normalized spacial score (nSPS) is 15.5. The van der Waals surface area contributed by atoms with Crippen LogP contribution in [0, 0.1) is 6.92 Å². The fourth-order valence-electron chi connectivity index (χ4n) is 3.69. The highest BCUT2D eigenvalue weighted by Gasteiger charge is 2.44. The van der Waals surface area contributed by atoms with Crippen molar-refractivity contribution in [1.82, 2.24) is 20.1 Å². The van der Waals surface area contributed by atoms with E-state index in [-0.39, 0.29) is 18.2 Å². The van der Waals surface area contributed by atoms with Gasteiger partial charge in [0.25, 0.3) is 5.91 Å². The minimum Gasteiger partial charge on any atom is -0.497 e. The fraction of sp³-hybridized carbons (Fsp3) is 0.250. The van der Waals surface area contributed by atoms with E-state index in [2.05, 4.69) is 20.5 Å². The lowest BCUT2D eigenvalue weighted by molar-refractivity contribution is -0.124. The molecular formula is C24H24N6O3S. The average Bonchev–Trinajstić information content (AvgIpc) is 3.08. The number of rotatable bonds is 8. The Morgan fingerprint density at radius 2 is 1.94 bits per heavy atom. The van der Waals surface area contributed by atoms with Crippen LogP contribution in [0.25, 0.3) is 0 Å². The summed E-state index contributed by atoms with van der Waals surface area (Å²) in [5, 5.41) is 11.0. The van der Waals surface area contributed by atoms with E-state index in [1.165, 1.54) is 4.90 Å². The van der Waals surface area contributed by atoms with Crippen molar-refractivity contribution in [2.24, 2.45) is 0 Å². The molecule has 9 nitrogen and oxygen atoms in total. The number of aryl methyl sites for hydroxylation is 1. The molecule has 0 spiro atoms. The lowest BCUT2D eigenvalue weighted by Gasteiger charge is -2.24. The Hall–Kier alpha value is -3.92. The molecule has 1 aliphatic rings. The van der Waals surface area contributed by atoms with Crippen molar-refractivity contribution in [3.8, 4) is 5.75 Å². The van der Waals surface area contributed by atoms with Crippen LogP contribution in [0.2, 0.25) is 0 Å². The largest absolute Gasteiger partial charge is 0.497 e. The molecule has 4 rings (SSSR count). The number of amides is 2. The van der Waals surface area contributed by atoms with Crippen LogP contribution in [0.15, 0.2) is 60.9 Å². The molecule has 1 fully saturated rings. The van der Waals surface area contributed by atoms with Crippen LogP contribution < -0.4 is 15.0 Å². The van der Waals surface area contributed by atoms with Crippen LogP contribution >= 0.6 is 12.2 Å². The first kappa shape index (κ1) is 23.2. The molecule has 0 radical (unpaired) electrons. The number of pyridine rings is 1. The monoisotopic (exact) mass is 476 g/mol. The van der Waals surface area contributed by atoms with Gasteiger partial charge in [-0.25, -0.2) is 0 Å². The van der Waals surface area contributed by atoms with Gasteiger partial charge in [-0.1, -0.05) is 12.1 Å². The maximum absolute atomic E-state index is 13.4. The smallest absolute Gasteiger partial charge is 0.256 e. The maximum Gasteiger partial charge on any atom is 0.256 e. The quantitative estimate of drug-likeness (QED) is 0.496. The number of methoxy groups -OCH3 is 1. The second-order valence-corrected chi connectivity index (χ2v) is 8.15. The second kappa shape index (κ2) is 10.3. The first-order valence-corrected chi connectivity index (χ1v) is 11.1. The highest BCUT2D eigenvalue weighted by molar-refractivity contribution is 7.80. The van der Waals surface area contributed by atoms with Crippen LogP contribution in [0.5, 0.6) is 5.75 Å². The number of hydrogen-bond acceptors (Lipinski definition) is 7. The van der Waals surface area contributed by atoms with Crippen molar-refractivity contribution in [3.63, 3.8) is 0 Å². The molecule has 0 aliphatic carbocycles. The molecule has 3 aromatic rings. The Balaban J connectivity index is 1.53. The summed E-state index contributed by atoms with van der Waals surface area (Å²) in [7, 11) is 1.62. The first-order valence-electron chi connectivity index (χ1n) is 10.7. The van der Waals surface area contributed by atoms with Crippen LogP contribution in [0.3, 0.4) is 0 Å². The number of carbonyl (C=O) groups is 2. The molecule has 174 valence electrons. The number of ether oxygens (including phenoxy) is 1. The number of aromatic nitrogens is 3. The Bertz CT molecular complexity index is 1170. The standard InChI is InChI=1S/C24H24N6O3S/c1-16-5-10-21(28-27-16)26-22(31)14-20-23(32)30(18-4-3-12-25-15-18)24(34)29(20)13-11-17-6-8-19(33-2)9-7-17/h3-10,12,15,20H,11,13-14H2,1-2H3,(H,26,28,31). The van der Waals surface area contributed by atoms with Gasteiger partial charge in [0.2, 0.25) is 5.91 Å². The van der Waals surface area contributed by atoms with Gasteiger partial charge in [-0.15, -0.1) is 5.10 Å². The van der Waals surface area contributed by atoms with Gasteiger partial charge in [-0.3, -0.25) is 19.5 Å². The van der Waals surface area contributed by atoms with E-state index in [9.17, 15) is 9.59 Å². The van der Waals surface area contributed by atoms with Gasteiger partial charge < -0.3 is 15.0 Å². The van der Waals surface area contributed by atoms with Crippen LogP contribution in [0.1, 0.15) is 17.7 Å². The van der Waals surface area contributed by atoms with Crippen molar-refractivity contribution >= 4 is 40.6 Å². The Morgan fingerprint density at radius 1 is 1.15 bits per heavy atom. The molecule has 1 unspecified atom stereocenters. The lowest BCUT2D eigenvalue weighted by Crippen LogP contribution is -2.39. The fourth-order valence-corrected chi connectivity index (χ4v) is 4.10. The molecule has 1 atom stereocenters. The summed E-state index contributed by atoms with van der Waals surface area (Å²) in [6.45, 7) is 2.28. The van der Waals surface area contributed by atoms with Gasteiger partial charge in [0.05, 0.1) is 31.1 Å². The summed E-state index contributed by atoms with van der Waals surface area (Å²) >= 11 is 5.68. The molecule has 1 aromatic carbocycles. The van der Waals surface area contributed by atoms with Crippen LogP contribution in [0.4, 0.5) is 11.5 Å². The molecule has 0 bridgehead atoms. The Kier molecular flexibility index (Phi) is 7.07. The van der Waals surface area contributed by atoms with E-state index in [1.807, 2.05) is 31.2 Å². The number of anilines is 2. The summed E-state index contributed by atoms with van der Waals surface area (Å²) in [4.78, 5) is 33.5. The van der Waals surface area contributed by atoms with Gasteiger partial charge >= 0.3 is 0 Å².